The van der Waals surface area contributed by atoms with Gasteiger partial charge in [0.15, 0.2) is 5.78 Å². The molecular formula is C25H24Cl2N4O. The van der Waals surface area contributed by atoms with E-state index < -0.39 is 0 Å². The Hall–Kier alpha value is -2.76. The Morgan fingerprint density at radius 2 is 1.78 bits per heavy atom. The lowest BCUT2D eigenvalue weighted by Gasteiger charge is -2.05. The van der Waals surface area contributed by atoms with Crippen molar-refractivity contribution in [2.24, 2.45) is 0 Å². The Balaban J connectivity index is 1.39. The number of aromatic nitrogens is 4. The molecule has 0 saturated heterocycles. The minimum Gasteiger partial charge on any atom is -0.357 e. The molecule has 0 saturated carbocycles. The summed E-state index contributed by atoms with van der Waals surface area (Å²) in [5, 5.41) is 2.22. The molecule has 0 radical (unpaired) electrons. The van der Waals surface area contributed by atoms with Gasteiger partial charge in [0, 0.05) is 46.3 Å². The van der Waals surface area contributed by atoms with Crippen LogP contribution >= 0.6 is 23.2 Å². The zero-order chi connectivity index (χ0) is 22.8. The lowest BCUT2D eigenvalue weighted by molar-refractivity contribution is 0.0979. The molecule has 7 heteroatoms. The van der Waals surface area contributed by atoms with Crippen molar-refractivity contribution in [2.75, 3.05) is 0 Å². The van der Waals surface area contributed by atoms with E-state index in [9.17, 15) is 4.79 Å². The number of hydrogen-bond acceptors (Lipinski definition) is 4. The summed E-state index contributed by atoms with van der Waals surface area (Å²) in [6, 6.07) is 7.71. The highest BCUT2D eigenvalue weighted by Gasteiger charge is 2.14. The summed E-state index contributed by atoms with van der Waals surface area (Å²) in [7, 11) is 0. The number of carbonyl (C=O) groups is 1. The SMILES string of the molecule is Cc1cc(C)nc(Cc2ncc(C(=O)CCCc3c(C)[nH]c4c(Cl)cc(Cl)cc34)cn2)c1. The van der Waals surface area contributed by atoms with Gasteiger partial charge in [0.2, 0.25) is 0 Å². The molecule has 0 atom stereocenters. The van der Waals surface area contributed by atoms with Gasteiger partial charge < -0.3 is 4.98 Å². The van der Waals surface area contributed by atoms with Crippen LogP contribution < -0.4 is 0 Å². The third-order valence-corrected chi connectivity index (χ3v) is 6.01. The zero-order valence-electron chi connectivity index (χ0n) is 18.3. The Morgan fingerprint density at radius 1 is 1.03 bits per heavy atom. The number of pyridine rings is 1. The van der Waals surface area contributed by atoms with Crippen LogP contribution in [-0.4, -0.2) is 25.7 Å². The highest BCUT2D eigenvalue weighted by molar-refractivity contribution is 6.38. The number of nitrogens with zero attached hydrogens (tertiary/aromatic N) is 3. The summed E-state index contributed by atoms with van der Waals surface area (Å²) in [4.78, 5) is 29.3. The normalized spacial score (nSPS) is 11.3. The highest BCUT2D eigenvalue weighted by atomic mass is 35.5. The van der Waals surface area contributed by atoms with Crippen LogP contribution in [0.4, 0.5) is 0 Å². The van der Waals surface area contributed by atoms with E-state index in [4.69, 9.17) is 23.2 Å². The number of aryl methyl sites for hydroxylation is 4. The van der Waals surface area contributed by atoms with Gasteiger partial charge in [-0.2, -0.15) is 0 Å². The van der Waals surface area contributed by atoms with Gasteiger partial charge in [-0.1, -0.05) is 23.2 Å². The largest absolute Gasteiger partial charge is 0.357 e. The fourth-order valence-electron chi connectivity index (χ4n) is 4.06. The molecule has 0 spiro atoms. The number of hydrogen-bond donors (Lipinski definition) is 1. The minimum absolute atomic E-state index is 0.0367. The zero-order valence-corrected chi connectivity index (χ0v) is 19.8. The first-order valence-corrected chi connectivity index (χ1v) is 11.3. The van der Waals surface area contributed by atoms with E-state index in [1.165, 1.54) is 0 Å². The molecule has 1 aromatic carbocycles. The van der Waals surface area contributed by atoms with Crippen LogP contribution in [0.5, 0.6) is 0 Å². The van der Waals surface area contributed by atoms with Gasteiger partial charge in [-0.15, -0.1) is 0 Å². The van der Waals surface area contributed by atoms with Crippen molar-refractivity contribution in [1.82, 2.24) is 19.9 Å². The minimum atomic E-state index is 0.0367. The summed E-state index contributed by atoms with van der Waals surface area (Å²) in [5.41, 5.74) is 6.67. The Kier molecular flexibility index (Phi) is 6.58. The molecule has 0 amide bonds. The summed E-state index contributed by atoms with van der Waals surface area (Å²) >= 11 is 12.5. The monoisotopic (exact) mass is 466 g/mol. The Bertz CT molecular complexity index is 1280. The number of H-pyrrole nitrogens is 1. The average Bonchev–Trinajstić information content (AvgIpc) is 3.03. The quantitative estimate of drug-likeness (QED) is 0.320. The van der Waals surface area contributed by atoms with Crippen molar-refractivity contribution in [3.8, 4) is 0 Å². The number of carbonyl (C=O) groups excluding carboxylic acids is 1. The highest BCUT2D eigenvalue weighted by Crippen LogP contribution is 2.32. The summed E-state index contributed by atoms with van der Waals surface area (Å²) in [6.07, 6.45) is 5.66. The van der Waals surface area contributed by atoms with Crippen molar-refractivity contribution in [2.45, 2.75) is 46.5 Å². The fourth-order valence-corrected chi connectivity index (χ4v) is 4.60. The number of Topliss-reactive ketones (excluding diaryl/α,β-unsaturated/α-hetero) is 1. The molecule has 1 N–H and O–H groups in total. The molecule has 0 aliphatic carbocycles. The molecule has 32 heavy (non-hydrogen) atoms. The third-order valence-electron chi connectivity index (χ3n) is 5.49. The van der Waals surface area contributed by atoms with Gasteiger partial charge in [-0.05, 0) is 69.0 Å². The lowest BCUT2D eigenvalue weighted by atomic mass is 10.0. The van der Waals surface area contributed by atoms with E-state index in [0.717, 1.165) is 45.5 Å². The molecule has 0 aliphatic rings. The van der Waals surface area contributed by atoms with Crippen LogP contribution in [0, 0.1) is 20.8 Å². The van der Waals surface area contributed by atoms with Crippen molar-refractivity contribution < 1.29 is 4.79 Å². The fraction of sp³-hybridized carbons (Fsp3) is 0.280. The predicted octanol–water partition coefficient (Wildman–Crippen LogP) is 6.38. The molecule has 3 aromatic heterocycles. The smallest absolute Gasteiger partial charge is 0.165 e. The van der Waals surface area contributed by atoms with E-state index in [-0.39, 0.29) is 5.78 Å². The number of benzene rings is 1. The van der Waals surface area contributed by atoms with Crippen LogP contribution in [0.3, 0.4) is 0 Å². The first-order chi connectivity index (χ1) is 15.3. The van der Waals surface area contributed by atoms with Gasteiger partial charge in [-0.3, -0.25) is 9.78 Å². The molecule has 0 aliphatic heterocycles. The van der Waals surface area contributed by atoms with Crippen molar-refractivity contribution in [3.05, 3.63) is 86.3 Å². The molecule has 164 valence electrons. The maximum Gasteiger partial charge on any atom is 0.165 e. The average molecular weight is 467 g/mol. The number of ketones is 1. The van der Waals surface area contributed by atoms with E-state index in [1.807, 2.05) is 39.0 Å². The number of aromatic amines is 1. The van der Waals surface area contributed by atoms with Gasteiger partial charge in [-0.25, -0.2) is 9.97 Å². The first kappa shape index (κ1) is 22.4. The van der Waals surface area contributed by atoms with Crippen LogP contribution in [0.1, 0.15) is 57.2 Å². The van der Waals surface area contributed by atoms with E-state index in [1.54, 1.807) is 18.5 Å². The van der Waals surface area contributed by atoms with Crippen molar-refractivity contribution in [3.63, 3.8) is 0 Å². The van der Waals surface area contributed by atoms with Crippen LogP contribution in [-0.2, 0) is 12.8 Å². The third kappa shape index (κ3) is 5.00. The second kappa shape index (κ2) is 9.39. The standard InChI is InChI=1S/C25H24Cl2N4O/c1-14-7-15(2)30-19(8-14)11-24-28-12-17(13-29-24)23(32)6-4-5-20-16(3)31-25-21(20)9-18(26)10-22(25)27/h7-10,12-13,31H,4-6,11H2,1-3H3. The first-order valence-electron chi connectivity index (χ1n) is 10.5. The summed E-state index contributed by atoms with van der Waals surface area (Å²) in [6.45, 7) is 6.03. The van der Waals surface area contributed by atoms with E-state index >= 15 is 0 Å². The second-order valence-electron chi connectivity index (χ2n) is 8.16. The maximum atomic E-state index is 12.6. The molecule has 4 aromatic rings. The van der Waals surface area contributed by atoms with Crippen molar-refractivity contribution >= 4 is 39.9 Å². The summed E-state index contributed by atoms with van der Waals surface area (Å²) < 4.78 is 0. The van der Waals surface area contributed by atoms with Gasteiger partial charge >= 0.3 is 0 Å². The molecule has 0 fully saturated rings. The topological polar surface area (TPSA) is 71.5 Å². The Labute approximate surface area is 197 Å². The molecule has 4 rings (SSSR count). The van der Waals surface area contributed by atoms with E-state index in [0.29, 0.717) is 40.7 Å². The number of halogens is 2. The summed E-state index contributed by atoms with van der Waals surface area (Å²) in [5.74, 6) is 0.692. The Morgan fingerprint density at radius 3 is 2.50 bits per heavy atom. The predicted molar refractivity (Wildman–Crippen MR) is 129 cm³/mol. The molecule has 5 nitrogen and oxygen atoms in total. The number of rotatable bonds is 7. The second-order valence-corrected chi connectivity index (χ2v) is 9.00. The number of fused-ring (bicyclic) bond motifs is 1. The van der Waals surface area contributed by atoms with Crippen molar-refractivity contribution in [1.29, 1.82) is 0 Å². The van der Waals surface area contributed by atoms with Crippen LogP contribution in [0.15, 0.2) is 36.7 Å². The number of nitrogens with one attached hydrogen (secondary N) is 1. The maximum absolute atomic E-state index is 12.6. The lowest BCUT2D eigenvalue weighted by Crippen LogP contribution is -2.05. The van der Waals surface area contributed by atoms with Gasteiger partial charge in [0.25, 0.3) is 0 Å². The van der Waals surface area contributed by atoms with Gasteiger partial charge in [0.05, 0.1) is 22.5 Å². The molecular weight excluding hydrogens is 443 g/mol. The van der Waals surface area contributed by atoms with Crippen LogP contribution in [0.25, 0.3) is 10.9 Å². The molecule has 3 heterocycles. The molecule has 0 bridgehead atoms. The van der Waals surface area contributed by atoms with Gasteiger partial charge in [0.1, 0.15) is 5.82 Å². The molecule has 0 unspecified atom stereocenters. The van der Waals surface area contributed by atoms with E-state index in [2.05, 4.69) is 19.9 Å². The van der Waals surface area contributed by atoms with Crippen LogP contribution in [0.2, 0.25) is 10.0 Å².